The number of amides is 3. The SMILES string of the molecule is CN=C(Br)/C(=C\N)c1ccc2c(c1)CN(C1CCC(=O)NC1=O)C2=O. The van der Waals surface area contributed by atoms with Crippen LogP contribution >= 0.6 is 15.9 Å². The van der Waals surface area contributed by atoms with E-state index in [-0.39, 0.29) is 18.2 Å². The first-order valence-electron chi connectivity index (χ1n) is 7.78. The lowest BCUT2D eigenvalue weighted by molar-refractivity contribution is -0.136. The van der Waals surface area contributed by atoms with Gasteiger partial charge >= 0.3 is 0 Å². The van der Waals surface area contributed by atoms with Crippen molar-refractivity contribution in [1.29, 1.82) is 0 Å². The van der Waals surface area contributed by atoms with Crippen molar-refractivity contribution < 1.29 is 14.4 Å². The van der Waals surface area contributed by atoms with Gasteiger partial charge < -0.3 is 10.6 Å². The Morgan fingerprint density at radius 3 is 2.80 bits per heavy atom. The highest BCUT2D eigenvalue weighted by Crippen LogP contribution is 2.30. The number of fused-ring (bicyclic) bond motifs is 1. The third-order valence-corrected chi connectivity index (χ3v) is 5.20. The predicted octanol–water partition coefficient (Wildman–Crippen LogP) is 1.17. The molecule has 2 aliphatic rings. The second-order valence-corrected chi connectivity index (χ2v) is 6.62. The minimum atomic E-state index is -0.616. The molecule has 130 valence electrons. The summed E-state index contributed by atoms with van der Waals surface area (Å²) in [6, 6.07) is 4.80. The van der Waals surface area contributed by atoms with Gasteiger partial charge in [-0.25, -0.2) is 0 Å². The number of hydrogen-bond acceptors (Lipinski definition) is 5. The first kappa shape index (κ1) is 17.3. The van der Waals surface area contributed by atoms with Crippen LogP contribution in [-0.4, -0.2) is 40.3 Å². The fourth-order valence-corrected chi connectivity index (χ4v) is 3.51. The summed E-state index contributed by atoms with van der Waals surface area (Å²) in [6.45, 7) is 0.326. The van der Waals surface area contributed by atoms with Crippen LogP contribution in [0.25, 0.3) is 5.57 Å². The average molecular weight is 405 g/mol. The van der Waals surface area contributed by atoms with Crippen LogP contribution in [0.15, 0.2) is 29.4 Å². The zero-order chi connectivity index (χ0) is 18.1. The quantitative estimate of drug-likeness (QED) is 0.582. The summed E-state index contributed by atoms with van der Waals surface area (Å²) in [4.78, 5) is 41.6. The normalized spacial score (nSPS) is 21.4. The Bertz CT molecular complexity index is 831. The number of nitrogens with zero attached hydrogens (tertiary/aromatic N) is 2. The largest absolute Gasteiger partial charge is 0.404 e. The van der Waals surface area contributed by atoms with Gasteiger partial charge in [0.2, 0.25) is 11.8 Å². The Labute approximate surface area is 153 Å². The van der Waals surface area contributed by atoms with Gasteiger partial charge in [0.25, 0.3) is 5.91 Å². The Kier molecular flexibility index (Phi) is 4.71. The van der Waals surface area contributed by atoms with Crippen molar-refractivity contribution in [2.45, 2.75) is 25.4 Å². The van der Waals surface area contributed by atoms with Crippen LogP contribution < -0.4 is 11.1 Å². The van der Waals surface area contributed by atoms with E-state index in [9.17, 15) is 14.4 Å². The Balaban J connectivity index is 1.89. The minimum absolute atomic E-state index is 0.197. The molecule has 1 saturated heterocycles. The number of piperidine rings is 1. The second kappa shape index (κ2) is 6.79. The van der Waals surface area contributed by atoms with Crippen LogP contribution in [0.2, 0.25) is 0 Å². The predicted molar refractivity (Wildman–Crippen MR) is 96.9 cm³/mol. The highest BCUT2D eigenvalue weighted by Gasteiger charge is 2.39. The zero-order valence-corrected chi connectivity index (χ0v) is 15.2. The molecule has 2 heterocycles. The topological polar surface area (TPSA) is 105 Å². The van der Waals surface area contributed by atoms with Crippen LogP contribution in [-0.2, 0) is 16.1 Å². The van der Waals surface area contributed by atoms with Gasteiger partial charge in [-0.2, -0.15) is 0 Å². The molecular weight excluding hydrogens is 388 g/mol. The number of rotatable bonds is 3. The van der Waals surface area contributed by atoms with E-state index in [2.05, 4.69) is 26.2 Å². The summed E-state index contributed by atoms with van der Waals surface area (Å²) in [5, 5.41) is 2.30. The molecule has 1 aromatic carbocycles. The number of nitrogens with two attached hydrogens (primary N) is 1. The number of imide groups is 1. The molecule has 0 aromatic heterocycles. The van der Waals surface area contributed by atoms with Crippen LogP contribution in [0.1, 0.15) is 34.3 Å². The number of hydrogen-bond donors (Lipinski definition) is 2. The van der Waals surface area contributed by atoms with E-state index in [4.69, 9.17) is 5.73 Å². The van der Waals surface area contributed by atoms with E-state index < -0.39 is 11.9 Å². The van der Waals surface area contributed by atoms with E-state index in [1.165, 1.54) is 11.1 Å². The number of halogens is 1. The standard InChI is InChI=1S/C17H17BrN4O3/c1-20-15(18)12(7-19)9-2-3-11-10(6-9)8-22(17(11)25)13-4-5-14(23)21-16(13)24/h2-3,6-7,13H,4-5,8,19H2,1H3,(H,21,23,24)/b12-7-,20-15?. The van der Waals surface area contributed by atoms with Gasteiger partial charge in [0.05, 0.1) is 0 Å². The van der Waals surface area contributed by atoms with Gasteiger partial charge in [-0.05, 0) is 45.6 Å². The molecule has 0 bridgehead atoms. The van der Waals surface area contributed by atoms with Gasteiger partial charge in [-0.3, -0.25) is 24.7 Å². The molecule has 25 heavy (non-hydrogen) atoms. The molecule has 0 saturated carbocycles. The Morgan fingerprint density at radius 1 is 1.40 bits per heavy atom. The molecule has 1 fully saturated rings. The molecule has 1 atom stereocenters. The van der Waals surface area contributed by atoms with Crippen molar-refractivity contribution in [2.24, 2.45) is 10.7 Å². The first-order valence-corrected chi connectivity index (χ1v) is 8.58. The van der Waals surface area contributed by atoms with Gasteiger partial charge in [-0.1, -0.05) is 6.07 Å². The summed E-state index contributed by atoms with van der Waals surface area (Å²) in [5.74, 6) is -0.910. The van der Waals surface area contributed by atoms with Gasteiger partial charge in [0.15, 0.2) is 0 Å². The van der Waals surface area contributed by atoms with Crippen LogP contribution in [0.3, 0.4) is 0 Å². The number of carbonyl (C=O) groups excluding carboxylic acids is 3. The minimum Gasteiger partial charge on any atom is -0.404 e. The lowest BCUT2D eigenvalue weighted by Crippen LogP contribution is -2.52. The smallest absolute Gasteiger partial charge is 0.255 e. The van der Waals surface area contributed by atoms with Crippen molar-refractivity contribution in [2.75, 3.05) is 7.05 Å². The van der Waals surface area contributed by atoms with E-state index in [1.807, 2.05) is 6.07 Å². The van der Waals surface area contributed by atoms with Crippen molar-refractivity contribution in [1.82, 2.24) is 10.2 Å². The molecule has 7 nitrogen and oxygen atoms in total. The summed E-state index contributed by atoms with van der Waals surface area (Å²) in [7, 11) is 1.65. The summed E-state index contributed by atoms with van der Waals surface area (Å²) < 4.78 is 0.612. The maximum Gasteiger partial charge on any atom is 0.255 e. The van der Waals surface area contributed by atoms with E-state index in [1.54, 1.807) is 19.2 Å². The fraction of sp³-hybridized carbons (Fsp3) is 0.294. The monoisotopic (exact) mass is 404 g/mol. The first-order chi connectivity index (χ1) is 12.0. The summed E-state index contributed by atoms with van der Waals surface area (Å²) in [5.41, 5.74) is 8.63. The number of carbonyl (C=O) groups is 3. The van der Waals surface area contributed by atoms with Crippen LogP contribution in [0.4, 0.5) is 0 Å². The summed E-state index contributed by atoms with van der Waals surface area (Å²) >= 11 is 3.36. The van der Waals surface area contributed by atoms with Gasteiger partial charge in [-0.15, -0.1) is 0 Å². The zero-order valence-electron chi connectivity index (χ0n) is 13.6. The van der Waals surface area contributed by atoms with Crippen LogP contribution in [0.5, 0.6) is 0 Å². The molecule has 0 aliphatic carbocycles. The molecule has 1 aromatic rings. The number of nitrogens with one attached hydrogen (secondary N) is 1. The van der Waals surface area contributed by atoms with Crippen molar-refractivity contribution in [3.8, 4) is 0 Å². The molecular formula is C17H17BrN4O3. The van der Waals surface area contributed by atoms with E-state index in [0.717, 1.165) is 16.7 Å². The second-order valence-electron chi connectivity index (χ2n) is 5.87. The Morgan fingerprint density at radius 2 is 2.16 bits per heavy atom. The molecule has 3 rings (SSSR count). The highest BCUT2D eigenvalue weighted by molar-refractivity contribution is 9.18. The third kappa shape index (κ3) is 3.09. The lowest BCUT2D eigenvalue weighted by Gasteiger charge is -2.29. The summed E-state index contributed by atoms with van der Waals surface area (Å²) in [6.07, 6.45) is 2.04. The van der Waals surface area contributed by atoms with Gasteiger partial charge in [0, 0.05) is 37.3 Å². The number of allylic oxidation sites excluding steroid dienone is 1. The molecule has 0 radical (unpaired) electrons. The van der Waals surface area contributed by atoms with Crippen LogP contribution in [0, 0.1) is 0 Å². The maximum absolute atomic E-state index is 12.7. The molecule has 0 spiro atoms. The van der Waals surface area contributed by atoms with Gasteiger partial charge in [0.1, 0.15) is 10.7 Å². The third-order valence-electron chi connectivity index (χ3n) is 4.42. The molecule has 3 N–H and O–H groups in total. The molecule has 8 heteroatoms. The van der Waals surface area contributed by atoms with Crippen molar-refractivity contribution in [3.05, 3.63) is 41.1 Å². The molecule has 3 amide bonds. The van der Waals surface area contributed by atoms with E-state index >= 15 is 0 Å². The lowest BCUT2D eigenvalue weighted by atomic mass is 10.0. The van der Waals surface area contributed by atoms with E-state index in [0.29, 0.717) is 23.1 Å². The molecule has 2 aliphatic heterocycles. The number of benzene rings is 1. The van der Waals surface area contributed by atoms with Crippen molar-refractivity contribution in [3.63, 3.8) is 0 Å². The molecule has 1 unspecified atom stereocenters. The highest BCUT2D eigenvalue weighted by atomic mass is 79.9. The average Bonchev–Trinajstić information content (AvgIpc) is 2.91. The fourth-order valence-electron chi connectivity index (χ4n) is 3.15. The van der Waals surface area contributed by atoms with Crippen molar-refractivity contribution >= 4 is 43.8 Å². The maximum atomic E-state index is 12.7. The Hall–Kier alpha value is -2.48. The number of aliphatic imine (C=N–C) groups is 1.